The van der Waals surface area contributed by atoms with Crippen molar-refractivity contribution in [1.29, 1.82) is 0 Å². The van der Waals surface area contributed by atoms with Crippen LogP contribution in [0.4, 0.5) is 17.3 Å². The molecule has 2 nitrogen and oxygen atoms in total. The molecule has 0 radical (unpaired) electrons. The van der Waals surface area contributed by atoms with E-state index in [4.69, 9.17) is 4.74 Å². The summed E-state index contributed by atoms with van der Waals surface area (Å²) in [7, 11) is 0. The van der Waals surface area contributed by atoms with E-state index < -0.39 is 18.3 Å². The van der Waals surface area contributed by atoms with Gasteiger partial charge in [0.1, 0.15) is 18.2 Å². The molecule has 8 heteroatoms. The van der Waals surface area contributed by atoms with Crippen molar-refractivity contribution in [2.75, 3.05) is 0 Å². The van der Waals surface area contributed by atoms with Gasteiger partial charge in [-0.25, -0.2) is 4.39 Å². The van der Waals surface area contributed by atoms with Crippen LogP contribution in [0.3, 0.4) is 0 Å². The van der Waals surface area contributed by atoms with Crippen LogP contribution < -0.4 is 61.6 Å². The van der Waals surface area contributed by atoms with Crippen LogP contribution in [0.2, 0.25) is 0 Å². The molecule has 1 aromatic heterocycles. The molecule has 0 aliphatic carbocycles. The predicted molar refractivity (Wildman–Crippen MR) is 68.4 cm³/mol. The second-order valence-corrected chi connectivity index (χ2v) is 4.39. The van der Waals surface area contributed by atoms with Crippen molar-refractivity contribution >= 4 is 12.4 Å². The number of hydrogen-bond acceptors (Lipinski definition) is 2. The van der Waals surface area contributed by atoms with Crippen molar-refractivity contribution in [2.45, 2.75) is 13.5 Å². The number of aryl methyl sites for hydroxylation is 1. The van der Waals surface area contributed by atoms with Gasteiger partial charge in [0, 0.05) is 11.8 Å². The van der Waals surface area contributed by atoms with Gasteiger partial charge in [-0.1, -0.05) is 11.6 Å². The molecule has 1 aromatic carbocycles. The largest absolute Gasteiger partial charge is 1.00 e. The third-order valence-corrected chi connectivity index (χ3v) is 2.76. The summed E-state index contributed by atoms with van der Waals surface area (Å²) < 4.78 is 56.2. The monoisotopic (exact) mass is 323 g/mol. The number of benzene rings is 1. The molecule has 1 heterocycles. The molecule has 0 spiro atoms. The van der Waals surface area contributed by atoms with E-state index in [-0.39, 0.29) is 63.6 Å². The van der Waals surface area contributed by atoms with Crippen molar-refractivity contribution in [3.05, 3.63) is 53.6 Å². The van der Waals surface area contributed by atoms with Gasteiger partial charge in [0.2, 0.25) is 0 Å². The minimum Gasteiger partial charge on any atom is -0.489 e. The third kappa shape index (κ3) is 5.37. The third-order valence-electron chi connectivity index (χ3n) is 2.76. The zero-order valence-electron chi connectivity index (χ0n) is 11.6. The van der Waals surface area contributed by atoms with E-state index in [1.165, 1.54) is 31.3 Å². The Bertz CT molecular complexity index is 621. The summed E-state index contributed by atoms with van der Waals surface area (Å²) in [6.07, 6.45) is 2.50. The minimum atomic E-state index is -5.02. The smallest absolute Gasteiger partial charge is 0.489 e. The maximum atomic E-state index is 12.9. The van der Waals surface area contributed by atoms with Gasteiger partial charge in [-0.15, -0.1) is 5.46 Å². The molecule has 106 valence electrons. The molecule has 0 bridgehead atoms. The van der Waals surface area contributed by atoms with E-state index in [1.807, 2.05) is 0 Å². The summed E-state index contributed by atoms with van der Waals surface area (Å²) in [5.74, 6) is -0.187. The first-order valence-electron chi connectivity index (χ1n) is 5.89. The summed E-state index contributed by atoms with van der Waals surface area (Å²) in [6.45, 7) is -3.61. The van der Waals surface area contributed by atoms with Crippen molar-refractivity contribution in [3.63, 3.8) is 0 Å². The Hall–Kier alpha value is -0.409. The van der Waals surface area contributed by atoms with Gasteiger partial charge in [0.05, 0.1) is 6.20 Å². The molecule has 0 atom stereocenters. The summed E-state index contributed by atoms with van der Waals surface area (Å²) in [4.78, 5) is 3.66. The van der Waals surface area contributed by atoms with Gasteiger partial charge in [-0.05, 0) is 25.1 Å². The van der Waals surface area contributed by atoms with Crippen LogP contribution in [-0.4, -0.2) is 12.0 Å². The first kappa shape index (κ1) is 18.6. The Balaban J connectivity index is 0.00000220. The van der Waals surface area contributed by atoms with Crippen LogP contribution in [0.5, 0.6) is 5.75 Å². The van der Waals surface area contributed by atoms with Crippen molar-refractivity contribution < 1.29 is 73.5 Å². The van der Waals surface area contributed by atoms with E-state index in [0.29, 0.717) is 11.3 Å². The molecular weight excluding hydrogens is 312 g/mol. The van der Waals surface area contributed by atoms with E-state index in [1.54, 1.807) is 0 Å². The Kier molecular flexibility index (Phi) is 6.86. The Morgan fingerprint density at radius 1 is 1.14 bits per heavy atom. The van der Waals surface area contributed by atoms with Crippen LogP contribution in [-0.2, 0) is 6.61 Å². The van der Waals surface area contributed by atoms with Gasteiger partial charge < -0.3 is 17.7 Å². The first-order chi connectivity index (χ1) is 9.36. The molecule has 0 saturated carbocycles. The average molecular weight is 323 g/mol. The normalized spacial score (nSPS) is 10.9. The van der Waals surface area contributed by atoms with Gasteiger partial charge in [0.15, 0.2) is 0 Å². The molecule has 0 aliphatic heterocycles. The van der Waals surface area contributed by atoms with Gasteiger partial charge in [-0.3, -0.25) is 4.98 Å². The number of nitrogens with zero attached hydrogens (tertiary/aromatic N) is 1. The number of pyridine rings is 1. The van der Waals surface area contributed by atoms with E-state index >= 15 is 0 Å². The van der Waals surface area contributed by atoms with E-state index in [9.17, 15) is 17.3 Å². The van der Waals surface area contributed by atoms with Crippen molar-refractivity contribution in [3.8, 4) is 5.75 Å². The standard InChI is InChI=1S/C13H11BF4NO.K/c1-9-4-12(2-3-13(9)14(16,17)18)20-8-10-5-11(15)7-19-6-10;/h2-7H,8H2,1H3;/q-1;+1. The summed E-state index contributed by atoms with van der Waals surface area (Å²) >= 11 is 0. The molecule has 0 N–H and O–H groups in total. The van der Waals surface area contributed by atoms with Gasteiger partial charge >= 0.3 is 58.4 Å². The zero-order chi connectivity index (χ0) is 14.8. The number of rotatable bonds is 4. The molecule has 0 saturated heterocycles. The fourth-order valence-corrected chi connectivity index (χ4v) is 1.81. The van der Waals surface area contributed by atoms with Crippen LogP contribution in [0.25, 0.3) is 0 Å². The fourth-order valence-electron chi connectivity index (χ4n) is 1.81. The zero-order valence-corrected chi connectivity index (χ0v) is 14.7. The Morgan fingerprint density at radius 2 is 1.86 bits per heavy atom. The number of aromatic nitrogens is 1. The van der Waals surface area contributed by atoms with Gasteiger partial charge in [0.25, 0.3) is 0 Å². The molecule has 21 heavy (non-hydrogen) atoms. The number of hydrogen-bond donors (Lipinski definition) is 0. The summed E-state index contributed by atoms with van der Waals surface area (Å²) in [5.41, 5.74) is -0.0242. The topological polar surface area (TPSA) is 22.1 Å². The molecule has 0 aliphatic rings. The average Bonchev–Trinajstić information content (AvgIpc) is 2.35. The Labute approximate surface area is 162 Å². The SMILES string of the molecule is Cc1cc(OCc2cncc(F)c2)ccc1[B-](F)(F)F.[K+]. The molecule has 2 aromatic rings. The minimum absolute atomic E-state index is 0. The molecule has 0 unspecified atom stereocenters. The van der Waals surface area contributed by atoms with Crippen LogP contribution in [0, 0.1) is 12.7 Å². The van der Waals surface area contributed by atoms with Crippen LogP contribution in [0.15, 0.2) is 36.7 Å². The Morgan fingerprint density at radius 3 is 2.43 bits per heavy atom. The van der Waals surface area contributed by atoms with Crippen LogP contribution >= 0.6 is 0 Å². The van der Waals surface area contributed by atoms with Crippen LogP contribution in [0.1, 0.15) is 11.1 Å². The summed E-state index contributed by atoms with van der Waals surface area (Å²) in [5, 5.41) is 0. The first-order valence-corrected chi connectivity index (χ1v) is 5.89. The molecular formula is C13H11BF4KNO. The molecule has 0 fully saturated rings. The molecule has 2 rings (SSSR count). The quantitative estimate of drug-likeness (QED) is 0.591. The molecule has 0 amide bonds. The maximum Gasteiger partial charge on any atom is 1.00 e. The van der Waals surface area contributed by atoms with Crippen molar-refractivity contribution in [1.82, 2.24) is 4.98 Å². The van der Waals surface area contributed by atoms with Gasteiger partial charge in [-0.2, -0.15) is 0 Å². The predicted octanol–water partition coefficient (Wildman–Crippen LogP) is 0.167. The second-order valence-electron chi connectivity index (χ2n) is 4.39. The number of halogens is 4. The van der Waals surface area contributed by atoms with E-state index in [0.717, 1.165) is 12.3 Å². The van der Waals surface area contributed by atoms with E-state index in [2.05, 4.69) is 4.98 Å². The van der Waals surface area contributed by atoms with Crippen molar-refractivity contribution in [2.24, 2.45) is 0 Å². The summed E-state index contributed by atoms with van der Waals surface area (Å²) in [6, 6.07) is 4.82. The number of ether oxygens (including phenoxy) is 1. The maximum absolute atomic E-state index is 12.9. The second kappa shape index (κ2) is 7.73. The fraction of sp³-hybridized carbons (Fsp3) is 0.154.